The van der Waals surface area contributed by atoms with E-state index in [9.17, 15) is 9.18 Å². The van der Waals surface area contributed by atoms with Gasteiger partial charge in [0.1, 0.15) is 11.6 Å². The second-order valence-corrected chi connectivity index (χ2v) is 4.77. The summed E-state index contributed by atoms with van der Waals surface area (Å²) in [6.45, 7) is 1.76. The Balaban J connectivity index is 1.64. The van der Waals surface area contributed by atoms with Crippen molar-refractivity contribution in [2.75, 3.05) is 12.1 Å². The normalized spacial score (nSPS) is 13.5. The van der Waals surface area contributed by atoms with E-state index >= 15 is 0 Å². The number of benzene rings is 2. The number of amides is 1. The molecular weight excluding hydrogens is 289 g/mol. The Morgan fingerprint density at radius 2 is 2.05 bits per heavy atom. The average molecular weight is 303 g/mol. The molecule has 1 heterocycles. The molecule has 1 aliphatic rings. The van der Waals surface area contributed by atoms with Crippen molar-refractivity contribution in [2.45, 2.75) is 13.0 Å². The molecule has 1 aliphatic heterocycles. The highest BCUT2D eigenvalue weighted by molar-refractivity contribution is 5.94. The minimum atomic E-state index is -0.771. The van der Waals surface area contributed by atoms with Gasteiger partial charge in [-0.15, -0.1) is 0 Å². The first-order chi connectivity index (χ1) is 10.6. The van der Waals surface area contributed by atoms with Gasteiger partial charge in [0.2, 0.25) is 6.79 Å². The highest BCUT2D eigenvalue weighted by Crippen LogP contribution is 2.34. The smallest absolute Gasteiger partial charge is 0.265 e. The molecule has 0 aliphatic carbocycles. The second kappa shape index (κ2) is 5.93. The number of fused-ring (bicyclic) bond motifs is 1. The van der Waals surface area contributed by atoms with E-state index in [0.29, 0.717) is 22.9 Å². The summed E-state index contributed by atoms with van der Waals surface area (Å²) in [5.74, 6) is 0.760. The molecule has 0 aromatic heterocycles. The number of ether oxygens (including phenoxy) is 3. The predicted molar refractivity (Wildman–Crippen MR) is 77.7 cm³/mol. The van der Waals surface area contributed by atoms with Gasteiger partial charge >= 0.3 is 0 Å². The van der Waals surface area contributed by atoms with E-state index in [-0.39, 0.29) is 12.7 Å². The van der Waals surface area contributed by atoms with E-state index in [2.05, 4.69) is 5.32 Å². The Hall–Kier alpha value is -2.76. The molecule has 6 heteroatoms. The molecule has 114 valence electrons. The summed E-state index contributed by atoms with van der Waals surface area (Å²) in [6, 6.07) is 10.8. The Kier molecular flexibility index (Phi) is 3.82. The predicted octanol–water partition coefficient (Wildman–Crippen LogP) is 2.96. The first-order valence-corrected chi connectivity index (χ1v) is 6.74. The maximum absolute atomic E-state index is 13.1. The summed E-state index contributed by atoms with van der Waals surface area (Å²) in [7, 11) is 0. The molecule has 0 unspecified atom stereocenters. The van der Waals surface area contributed by atoms with Gasteiger partial charge in [-0.25, -0.2) is 4.39 Å². The molecule has 1 N–H and O–H groups in total. The number of carbonyl (C=O) groups excluding carboxylic acids is 1. The molecule has 0 radical (unpaired) electrons. The molecule has 1 atom stereocenters. The maximum Gasteiger partial charge on any atom is 0.265 e. The SMILES string of the molecule is C[C@H](Oc1cccc(F)c1)C(=O)Nc1ccc2c(c1)OCO2. The molecule has 0 spiro atoms. The molecule has 0 fully saturated rings. The number of rotatable bonds is 4. The van der Waals surface area contributed by atoms with Gasteiger partial charge in [-0.2, -0.15) is 0 Å². The fraction of sp³-hybridized carbons (Fsp3) is 0.188. The zero-order valence-electron chi connectivity index (χ0n) is 11.8. The lowest BCUT2D eigenvalue weighted by Gasteiger charge is -2.15. The van der Waals surface area contributed by atoms with E-state index in [0.717, 1.165) is 0 Å². The molecule has 0 bridgehead atoms. The fourth-order valence-electron chi connectivity index (χ4n) is 2.02. The third kappa shape index (κ3) is 3.11. The van der Waals surface area contributed by atoms with Crippen LogP contribution in [0.1, 0.15) is 6.92 Å². The quantitative estimate of drug-likeness (QED) is 0.943. The van der Waals surface area contributed by atoms with Crippen LogP contribution in [0.5, 0.6) is 17.2 Å². The van der Waals surface area contributed by atoms with Gasteiger partial charge in [0, 0.05) is 17.8 Å². The summed E-state index contributed by atoms with van der Waals surface area (Å²) in [6.07, 6.45) is -0.771. The van der Waals surface area contributed by atoms with Crippen LogP contribution >= 0.6 is 0 Å². The van der Waals surface area contributed by atoms with Crippen LogP contribution in [0.4, 0.5) is 10.1 Å². The van der Waals surface area contributed by atoms with E-state index in [1.807, 2.05) is 0 Å². The van der Waals surface area contributed by atoms with Crippen LogP contribution in [0.25, 0.3) is 0 Å². The van der Waals surface area contributed by atoms with Crippen LogP contribution < -0.4 is 19.5 Å². The zero-order chi connectivity index (χ0) is 15.5. The Morgan fingerprint density at radius 3 is 2.86 bits per heavy atom. The second-order valence-electron chi connectivity index (χ2n) is 4.77. The Labute approximate surface area is 126 Å². The van der Waals surface area contributed by atoms with Crippen molar-refractivity contribution in [3.63, 3.8) is 0 Å². The largest absolute Gasteiger partial charge is 0.481 e. The molecule has 2 aromatic carbocycles. The van der Waals surface area contributed by atoms with Gasteiger partial charge < -0.3 is 19.5 Å². The molecule has 5 nitrogen and oxygen atoms in total. The molecule has 3 rings (SSSR count). The minimum absolute atomic E-state index is 0.172. The van der Waals surface area contributed by atoms with Crippen LogP contribution in [-0.4, -0.2) is 18.8 Å². The number of carbonyl (C=O) groups is 1. The van der Waals surface area contributed by atoms with Crippen molar-refractivity contribution >= 4 is 11.6 Å². The van der Waals surface area contributed by atoms with Gasteiger partial charge in [0.25, 0.3) is 5.91 Å². The van der Waals surface area contributed by atoms with Gasteiger partial charge in [-0.1, -0.05) is 6.07 Å². The van der Waals surface area contributed by atoms with Gasteiger partial charge in [-0.3, -0.25) is 4.79 Å². The zero-order valence-corrected chi connectivity index (χ0v) is 11.8. The highest BCUT2D eigenvalue weighted by Gasteiger charge is 2.18. The van der Waals surface area contributed by atoms with Crippen molar-refractivity contribution in [1.29, 1.82) is 0 Å². The number of anilines is 1. The highest BCUT2D eigenvalue weighted by atomic mass is 19.1. The minimum Gasteiger partial charge on any atom is -0.481 e. The lowest BCUT2D eigenvalue weighted by atomic mass is 10.2. The monoisotopic (exact) mass is 303 g/mol. The average Bonchev–Trinajstić information content (AvgIpc) is 2.94. The summed E-state index contributed by atoms with van der Waals surface area (Å²) < 4.78 is 28.9. The van der Waals surface area contributed by atoms with Crippen LogP contribution in [0.3, 0.4) is 0 Å². The van der Waals surface area contributed by atoms with Crippen molar-refractivity contribution in [2.24, 2.45) is 0 Å². The summed E-state index contributed by atoms with van der Waals surface area (Å²) in [4.78, 5) is 12.1. The first kappa shape index (κ1) is 14.2. The number of halogens is 1. The van der Waals surface area contributed by atoms with E-state index in [1.54, 1.807) is 31.2 Å². The van der Waals surface area contributed by atoms with Crippen LogP contribution in [-0.2, 0) is 4.79 Å². The fourth-order valence-corrected chi connectivity index (χ4v) is 2.02. The number of hydrogen-bond acceptors (Lipinski definition) is 4. The summed E-state index contributed by atoms with van der Waals surface area (Å²) in [5, 5.41) is 2.71. The van der Waals surface area contributed by atoms with Crippen molar-refractivity contribution in [3.8, 4) is 17.2 Å². The third-order valence-corrected chi connectivity index (χ3v) is 3.12. The van der Waals surface area contributed by atoms with Crippen molar-refractivity contribution < 1.29 is 23.4 Å². The topological polar surface area (TPSA) is 56.8 Å². The molecule has 0 saturated heterocycles. The van der Waals surface area contributed by atoms with Crippen LogP contribution in [0.2, 0.25) is 0 Å². The first-order valence-electron chi connectivity index (χ1n) is 6.74. The van der Waals surface area contributed by atoms with Crippen LogP contribution in [0.15, 0.2) is 42.5 Å². The maximum atomic E-state index is 13.1. The van der Waals surface area contributed by atoms with Crippen LogP contribution in [0, 0.1) is 5.82 Å². The van der Waals surface area contributed by atoms with Gasteiger partial charge in [-0.05, 0) is 31.2 Å². The van der Waals surface area contributed by atoms with E-state index in [4.69, 9.17) is 14.2 Å². The van der Waals surface area contributed by atoms with Crippen molar-refractivity contribution in [3.05, 3.63) is 48.3 Å². The van der Waals surface area contributed by atoms with E-state index in [1.165, 1.54) is 18.2 Å². The number of hydrogen-bond donors (Lipinski definition) is 1. The lowest BCUT2D eigenvalue weighted by molar-refractivity contribution is -0.122. The Morgan fingerprint density at radius 1 is 1.23 bits per heavy atom. The third-order valence-electron chi connectivity index (χ3n) is 3.12. The Bertz CT molecular complexity index is 704. The molecule has 22 heavy (non-hydrogen) atoms. The molecule has 0 saturated carbocycles. The lowest BCUT2D eigenvalue weighted by Crippen LogP contribution is -2.30. The van der Waals surface area contributed by atoms with E-state index < -0.39 is 11.9 Å². The molecular formula is C16H14FNO4. The van der Waals surface area contributed by atoms with Gasteiger partial charge in [0.15, 0.2) is 17.6 Å². The molecule has 2 aromatic rings. The number of nitrogens with one attached hydrogen (secondary N) is 1. The summed E-state index contributed by atoms with van der Waals surface area (Å²) >= 11 is 0. The van der Waals surface area contributed by atoms with Crippen molar-refractivity contribution in [1.82, 2.24) is 0 Å². The summed E-state index contributed by atoms with van der Waals surface area (Å²) in [5.41, 5.74) is 0.573. The molecule has 1 amide bonds. The standard InChI is InChI=1S/C16H14FNO4/c1-10(22-13-4-2-3-11(17)7-13)16(19)18-12-5-6-14-15(8-12)21-9-20-14/h2-8,10H,9H2,1H3,(H,18,19)/t10-/m0/s1. The van der Waals surface area contributed by atoms with Gasteiger partial charge in [0.05, 0.1) is 0 Å².